The van der Waals surface area contributed by atoms with Gasteiger partial charge in [-0.25, -0.2) is 9.67 Å². The summed E-state index contributed by atoms with van der Waals surface area (Å²) >= 11 is 0. The summed E-state index contributed by atoms with van der Waals surface area (Å²) in [5, 5.41) is 7.72. The first-order valence-corrected chi connectivity index (χ1v) is 8.68. The van der Waals surface area contributed by atoms with Crippen LogP contribution in [0, 0.1) is 0 Å². The van der Waals surface area contributed by atoms with Gasteiger partial charge in [0.05, 0.1) is 24.0 Å². The van der Waals surface area contributed by atoms with Crippen molar-refractivity contribution in [1.29, 1.82) is 0 Å². The Morgan fingerprint density at radius 1 is 1.13 bits per heavy atom. The van der Waals surface area contributed by atoms with Crippen LogP contribution in [0.25, 0.3) is 16.6 Å². The van der Waals surface area contributed by atoms with Gasteiger partial charge in [-0.15, -0.1) is 0 Å². The van der Waals surface area contributed by atoms with Gasteiger partial charge in [-0.2, -0.15) is 18.3 Å². The number of pyridine rings is 2. The van der Waals surface area contributed by atoms with Crippen LogP contribution in [0.5, 0.6) is 5.75 Å². The lowest BCUT2D eigenvalue weighted by atomic mass is 10.2. The summed E-state index contributed by atoms with van der Waals surface area (Å²) in [6, 6.07) is 9.96. The Hall–Kier alpha value is -3.95. The molecule has 4 aromatic rings. The number of anilines is 1. The third-order valence-electron chi connectivity index (χ3n) is 4.27. The SMILES string of the molecule is COc1cc2nn(-c3ccncc3)cc2cc1NC(=O)c1cccc(C(F)(F)F)n1. The summed E-state index contributed by atoms with van der Waals surface area (Å²) in [4.78, 5) is 19.9. The Kier molecular flexibility index (Phi) is 4.82. The fraction of sp³-hybridized carbons (Fsp3) is 0.100. The minimum absolute atomic E-state index is 0.281. The van der Waals surface area contributed by atoms with Gasteiger partial charge in [0, 0.05) is 30.0 Å². The first-order chi connectivity index (χ1) is 14.3. The van der Waals surface area contributed by atoms with E-state index in [4.69, 9.17) is 4.74 Å². The van der Waals surface area contributed by atoms with Crippen molar-refractivity contribution in [3.8, 4) is 11.4 Å². The summed E-state index contributed by atoms with van der Waals surface area (Å²) in [5.74, 6) is -0.483. The van der Waals surface area contributed by atoms with E-state index in [0.29, 0.717) is 16.7 Å². The number of hydrogen-bond acceptors (Lipinski definition) is 5. The molecule has 0 aliphatic rings. The van der Waals surface area contributed by atoms with E-state index in [9.17, 15) is 18.0 Å². The summed E-state index contributed by atoms with van der Waals surface area (Å²) in [7, 11) is 1.42. The van der Waals surface area contributed by atoms with Crippen molar-refractivity contribution in [1.82, 2.24) is 19.7 Å². The maximum atomic E-state index is 12.9. The average molecular weight is 413 g/mol. The highest BCUT2D eigenvalue weighted by atomic mass is 19.4. The van der Waals surface area contributed by atoms with Crippen LogP contribution in [0.1, 0.15) is 16.2 Å². The second-order valence-corrected chi connectivity index (χ2v) is 6.25. The minimum Gasteiger partial charge on any atom is -0.494 e. The molecule has 152 valence electrons. The highest BCUT2D eigenvalue weighted by Crippen LogP contribution is 2.31. The summed E-state index contributed by atoms with van der Waals surface area (Å²) in [6.07, 6.45) is 0.378. The lowest BCUT2D eigenvalue weighted by molar-refractivity contribution is -0.141. The number of alkyl halides is 3. The number of hydrogen-bond donors (Lipinski definition) is 1. The molecule has 0 bridgehead atoms. The maximum Gasteiger partial charge on any atom is 0.433 e. The normalized spacial score (nSPS) is 11.5. The number of aromatic nitrogens is 4. The van der Waals surface area contributed by atoms with E-state index in [0.717, 1.165) is 17.8 Å². The van der Waals surface area contributed by atoms with Crippen LogP contribution in [0.15, 0.2) is 61.1 Å². The molecular formula is C20H14F3N5O2. The quantitative estimate of drug-likeness (QED) is 0.545. The largest absolute Gasteiger partial charge is 0.494 e. The number of nitrogens with one attached hydrogen (secondary N) is 1. The van der Waals surface area contributed by atoms with Gasteiger partial charge in [-0.05, 0) is 30.3 Å². The van der Waals surface area contributed by atoms with Crippen LogP contribution in [-0.2, 0) is 6.18 Å². The van der Waals surface area contributed by atoms with Crippen LogP contribution in [-0.4, -0.2) is 32.8 Å². The summed E-state index contributed by atoms with van der Waals surface area (Å²) in [5.41, 5.74) is 0.178. The van der Waals surface area contributed by atoms with Crippen molar-refractivity contribution in [3.63, 3.8) is 0 Å². The number of benzene rings is 1. The van der Waals surface area contributed by atoms with Gasteiger partial charge >= 0.3 is 6.18 Å². The van der Waals surface area contributed by atoms with Gasteiger partial charge in [-0.3, -0.25) is 9.78 Å². The minimum atomic E-state index is -4.64. The average Bonchev–Trinajstić information content (AvgIpc) is 3.16. The third kappa shape index (κ3) is 3.79. The van der Waals surface area contributed by atoms with Crippen molar-refractivity contribution in [3.05, 3.63) is 72.4 Å². The number of fused-ring (bicyclic) bond motifs is 1. The Morgan fingerprint density at radius 2 is 1.90 bits per heavy atom. The van der Waals surface area contributed by atoms with Crippen molar-refractivity contribution < 1.29 is 22.7 Å². The second kappa shape index (κ2) is 7.47. The summed E-state index contributed by atoms with van der Waals surface area (Å²) in [6.45, 7) is 0. The molecule has 0 radical (unpaired) electrons. The molecule has 0 saturated heterocycles. The smallest absolute Gasteiger partial charge is 0.433 e. The Labute approximate surface area is 168 Å². The molecule has 3 aromatic heterocycles. The number of nitrogens with zero attached hydrogens (tertiary/aromatic N) is 4. The lowest BCUT2D eigenvalue weighted by Gasteiger charge is -2.11. The molecule has 1 amide bonds. The van der Waals surface area contributed by atoms with E-state index in [1.54, 1.807) is 47.5 Å². The Morgan fingerprint density at radius 3 is 2.60 bits per heavy atom. The number of carbonyl (C=O) groups is 1. The van der Waals surface area contributed by atoms with Gasteiger partial charge in [0.25, 0.3) is 5.91 Å². The molecule has 1 aromatic carbocycles. The van der Waals surface area contributed by atoms with Gasteiger partial charge in [0.2, 0.25) is 0 Å². The predicted molar refractivity (Wildman–Crippen MR) is 103 cm³/mol. The highest BCUT2D eigenvalue weighted by Gasteiger charge is 2.33. The fourth-order valence-corrected chi connectivity index (χ4v) is 2.85. The van der Waals surface area contributed by atoms with Gasteiger partial charge in [-0.1, -0.05) is 6.07 Å². The molecule has 30 heavy (non-hydrogen) atoms. The monoisotopic (exact) mass is 413 g/mol. The number of halogens is 3. The van der Waals surface area contributed by atoms with E-state index in [1.165, 1.54) is 13.2 Å². The van der Waals surface area contributed by atoms with Crippen LogP contribution in [0.3, 0.4) is 0 Å². The second-order valence-electron chi connectivity index (χ2n) is 6.25. The van der Waals surface area contributed by atoms with Crippen LogP contribution < -0.4 is 10.1 Å². The Balaban J connectivity index is 1.67. The number of methoxy groups -OCH3 is 1. The standard InChI is InChI=1S/C20H14F3N5O2/c1-30-17-10-15-12(11-28(27-15)13-5-7-24-8-6-13)9-16(17)26-19(29)14-3-2-4-18(25-14)20(21,22)23/h2-11H,1H3,(H,26,29). The molecule has 7 nitrogen and oxygen atoms in total. The first-order valence-electron chi connectivity index (χ1n) is 8.68. The lowest BCUT2D eigenvalue weighted by Crippen LogP contribution is -2.17. The molecule has 1 N–H and O–H groups in total. The highest BCUT2D eigenvalue weighted by molar-refractivity contribution is 6.05. The molecule has 10 heteroatoms. The number of amides is 1. The van der Waals surface area contributed by atoms with Gasteiger partial charge < -0.3 is 10.1 Å². The molecule has 0 spiro atoms. The van der Waals surface area contributed by atoms with Crippen molar-refractivity contribution in [2.45, 2.75) is 6.18 Å². The number of ether oxygens (including phenoxy) is 1. The maximum absolute atomic E-state index is 12.9. The van der Waals surface area contributed by atoms with Crippen LogP contribution in [0.2, 0.25) is 0 Å². The first kappa shape index (κ1) is 19.4. The zero-order chi connectivity index (χ0) is 21.3. The van der Waals surface area contributed by atoms with Crippen molar-refractivity contribution in [2.75, 3.05) is 12.4 Å². The zero-order valence-corrected chi connectivity index (χ0v) is 15.5. The van der Waals surface area contributed by atoms with Gasteiger partial charge in [0.1, 0.15) is 17.1 Å². The molecule has 0 unspecified atom stereocenters. The van der Waals surface area contributed by atoms with Crippen LogP contribution >= 0.6 is 0 Å². The molecular weight excluding hydrogens is 399 g/mol. The molecule has 4 rings (SSSR count). The fourth-order valence-electron chi connectivity index (χ4n) is 2.85. The van der Waals surface area contributed by atoms with Crippen molar-refractivity contribution in [2.24, 2.45) is 0 Å². The molecule has 3 heterocycles. The number of rotatable bonds is 4. The van der Waals surface area contributed by atoms with Crippen molar-refractivity contribution >= 4 is 22.5 Å². The van der Waals surface area contributed by atoms with E-state index >= 15 is 0 Å². The molecule has 0 saturated carbocycles. The number of carbonyl (C=O) groups excluding carboxylic acids is 1. The van der Waals surface area contributed by atoms with Crippen LogP contribution in [0.4, 0.5) is 18.9 Å². The zero-order valence-electron chi connectivity index (χ0n) is 15.5. The van der Waals surface area contributed by atoms with E-state index in [2.05, 4.69) is 20.4 Å². The van der Waals surface area contributed by atoms with E-state index < -0.39 is 17.8 Å². The topological polar surface area (TPSA) is 81.9 Å². The predicted octanol–water partition coefficient (Wildman–Crippen LogP) is 4.10. The molecule has 0 atom stereocenters. The molecule has 0 aliphatic carbocycles. The third-order valence-corrected chi connectivity index (χ3v) is 4.27. The van der Waals surface area contributed by atoms with E-state index in [1.807, 2.05) is 0 Å². The Bertz CT molecular complexity index is 1220. The molecule has 0 fully saturated rings. The van der Waals surface area contributed by atoms with Gasteiger partial charge in [0.15, 0.2) is 0 Å². The molecule has 0 aliphatic heterocycles. The summed E-state index contributed by atoms with van der Waals surface area (Å²) < 4.78 is 45.6. The van der Waals surface area contributed by atoms with E-state index in [-0.39, 0.29) is 11.4 Å².